The van der Waals surface area contributed by atoms with Crippen LogP contribution in [0.4, 0.5) is 14.5 Å². The molecule has 1 aliphatic heterocycles. The summed E-state index contributed by atoms with van der Waals surface area (Å²) in [4.78, 5) is 14.8. The van der Waals surface area contributed by atoms with Gasteiger partial charge < -0.3 is 29.7 Å². The van der Waals surface area contributed by atoms with Crippen molar-refractivity contribution >= 4 is 23.2 Å². The Bertz CT molecular complexity index is 579. The average Bonchev–Trinajstić information content (AvgIpc) is 2.60. The molecule has 1 aromatic rings. The number of piperazine rings is 1. The lowest BCUT2D eigenvalue weighted by Crippen LogP contribution is -3.28. The van der Waals surface area contributed by atoms with Crippen LogP contribution in [-0.4, -0.2) is 75.7 Å². The minimum Gasteiger partial charge on any atom is -0.420 e. The fourth-order valence-corrected chi connectivity index (χ4v) is 3.03. The number of anilines is 1. The second-order valence-corrected chi connectivity index (χ2v) is 6.82. The highest BCUT2D eigenvalue weighted by molar-refractivity contribution is 6.20. The van der Waals surface area contributed by atoms with Crippen molar-refractivity contribution in [3.8, 4) is 5.75 Å². The van der Waals surface area contributed by atoms with E-state index in [2.05, 4.69) is 10.1 Å². The Morgan fingerprint density at radius 3 is 2.37 bits per heavy atom. The van der Waals surface area contributed by atoms with Gasteiger partial charge in [-0.3, -0.25) is 4.79 Å². The number of carbonyl (C=O) groups excluding carboxylic acids is 1. The van der Waals surface area contributed by atoms with E-state index < -0.39 is 5.57 Å². The van der Waals surface area contributed by atoms with Crippen molar-refractivity contribution in [2.75, 3.05) is 64.4 Å². The van der Waals surface area contributed by atoms with Gasteiger partial charge in [0.05, 0.1) is 19.8 Å². The summed E-state index contributed by atoms with van der Waals surface area (Å²) in [5.41, 5.74) is -3.25. The van der Waals surface area contributed by atoms with Crippen molar-refractivity contribution in [1.29, 1.82) is 0 Å². The summed E-state index contributed by atoms with van der Waals surface area (Å²) in [5, 5.41) is 11.4. The predicted molar refractivity (Wildman–Crippen MR) is 95.5 cm³/mol. The lowest BCUT2D eigenvalue weighted by molar-refractivity contribution is -1.01. The van der Waals surface area contributed by atoms with Crippen molar-refractivity contribution < 1.29 is 38.0 Å². The fourth-order valence-electron chi connectivity index (χ4n) is 2.94. The van der Waals surface area contributed by atoms with Gasteiger partial charge in [0.2, 0.25) is 0 Å². The molecule has 1 aliphatic rings. The number of hydrogen-bond donors (Lipinski definition) is 4. The largest absolute Gasteiger partial charge is 0.487 e. The second-order valence-electron chi connectivity index (χ2n) is 6.38. The SMILES string of the molecule is O=C(C[NH+]1CC[NH+](CCOCCO)CC1)Nc1ccc(OC(F)(F)Cl)cc1. The van der Waals surface area contributed by atoms with Gasteiger partial charge in [0, 0.05) is 17.3 Å². The zero-order valence-corrected chi connectivity index (χ0v) is 15.7. The number of alkyl halides is 3. The highest BCUT2D eigenvalue weighted by Gasteiger charge is 2.27. The van der Waals surface area contributed by atoms with E-state index in [9.17, 15) is 13.6 Å². The second kappa shape index (κ2) is 10.7. The van der Waals surface area contributed by atoms with Crippen LogP contribution >= 0.6 is 11.6 Å². The number of hydrogen-bond acceptors (Lipinski definition) is 4. The first-order chi connectivity index (χ1) is 12.9. The minimum atomic E-state index is -3.76. The number of nitrogens with one attached hydrogen (secondary N) is 3. The number of ether oxygens (including phenoxy) is 2. The number of amides is 1. The van der Waals surface area contributed by atoms with E-state index in [1.807, 2.05) is 0 Å². The number of aliphatic hydroxyl groups excluding tert-OH is 1. The van der Waals surface area contributed by atoms with E-state index in [1.54, 1.807) is 0 Å². The van der Waals surface area contributed by atoms with Crippen molar-refractivity contribution in [2.24, 2.45) is 0 Å². The van der Waals surface area contributed by atoms with Crippen LogP contribution in [0.5, 0.6) is 5.75 Å². The molecule has 27 heavy (non-hydrogen) atoms. The van der Waals surface area contributed by atoms with Gasteiger partial charge in [0.15, 0.2) is 6.54 Å². The molecule has 1 aromatic carbocycles. The lowest BCUT2D eigenvalue weighted by atomic mass is 10.3. The van der Waals surface area contributed by atoms with Gasteiger partial charge in [-0.2, -0.15) is 0 Å². The predicted octanol–water partition coefficient (Wildman–Crippen LogP) is -1.41. The van der Waals surface area contributed by atoms with Gasteiger partial charge in [-0.25, -0.2) is 0 Å². The Balaban J connectivity index is 1.67. The molecule has 0 spiro atoms. The zero-order valence-electron chi connectivity index (χ0n) is 15.0. The third-order valence-electron chi connectivity index (χ3n) is 4.28. The van der Waals surface area contributed by atoms with Crippen LogP contribution < -0.4 is 19.9 Å². The molecule has 10 heteroatoms. The van der Waals surface area contributed by atoms with Crippen molar-refractivity contribution in [3.05, 3.63) is 24.3 Å². The number of benzene rings is 1. The molecule has 0 unspecified atom stereocenters. The number of rotatable bonds is 10. The molecular weight excluding hydrogens is 384 g/mol. The first kappa shape index (κ1) is 21.8. The van der Waals surface area contributed by atoms with E-state index in [1.165, 1.54) is 34.1 Å². The summed E-state index contributed by atoms with van der Waals surface area (Å²) in [5.74, 6) is -0.211. The van der Waals surface area contributed by atoms with Gasteiger partial charge in [-0.15, -0.1) is 8.78 Å². The van der Waals surface area contributed by atoms with Crippen molar-refractivity contribution in [1.82, 2.24) is 0 Å². The molecule has 1 saturated heterocycles. The summed E-state index contributed by atoms with van der Waals surface area (Å²) in [7, 11) is 0. The molecule has 0 saturated carbocycles. The maximum Gasteiger partial charge on any atom is 0.487 e. The van der Waals surface area contributed by atoms with Crippen LogP contribution in [-0.2, 0) is 9.53 Å². The van der Waals surface area contributed by atoms with Gasteiger partial charge >= 0.3 is 5.57 Å². The standard InChI is InChI=1S/C17H24ClF2N3O4/c18-17(19,20)27-15-3-1-14(2-4-15)21-16(25)13-23-7-5-22(6-8-23)9-11-26-12-10-24/h1-4,24H,5-13H2,(H,21,25)/p+2. The normalized spacial score (nSPS) is 20.3. The minimum absolute atomic E-state index is 0.0390. The summed E-state index contributed by atoms with van der Waals surface area (Å²) >= 11 is 4.71. The highest BCUT2D eigenvalue weighted by atomic mass is 35.5. The van der Waals surface area contributed by atoms with Gasteiger partial charge in [-0.05, 0) is 24.3 Å². The maximum absolute atomic E-state index is 12.6. The first-order valence-corrected chi connectivity index (χ1v) is 9.25. The molecule has 0 bridgehead atoms. The van der Waals surface area contributed by atoms with E-state index in [4.69, 9.17) is 21.4 Å². The molecule has 2 rings (SSSR count). The van der Waals surface area contributed by atoms with E-state index in [0.717, 1.165) is 32.7 Å². The van der Waals surface area contributed by atoms with Crippen LogP contribution in [0.25, 0.3) is 0 Å². The summed E-state index contributed by atoms with van der Waals surface area (Å²) in [6.07, 6.45) is 0. The van der Waals surface area contributed by atoms with E-state index in [0.29, 0.717) is 25.4 Å². The Kier molecular flexibility index (Phi) is 8.65. The molecule has 0 radical (unpaired) electrons. The molecule has 152 valence electrons. The average molecular weight is 410 g/mol. The van der Waals surface area contributed by atoms with E-state index >= 15 is 0 Å². The Morgan fingerprint density at radius 1 is 1.15 bits per heavy atom. The molecule has 0 atom stereocenters. The lowest BCUT2D eigenvalue weighted by Gasteiger charge is -2.29. The molecule has 4 N–H and O–H groups in total. The summed E-state index contributed by atoms with van der Waals surface area (Å²) < 4.78 is 34.6. The van der Waals surface area contributed by atoms with Crippen LogP contribution in [0.15, 0.2) is 24.3 Å². The number of carbonyl (C=O) groups is 1. The maximum atomic E-state index is 12.6. The van der Waals surface area contributed by atoms with Crippen LogP contribution in [0.2, 0.25) is 0 Å². The molecule has 7 nitrogen and oxygen atoms in total. The van der Waals surface area contributed by atoms with Crippen molar-refractivity contribution in [3.63, 3.8) is 0 Å². The van der Waals surface area contributed by atoms with Gasteiger partial charge in [0.25, 0.3) is 5.91 Å². The topological polar surface area (TPSA) is 76.7 Å². The van der Waals surface area contributed by atoms with Crippen LogP contribution in [0.3, 0.4) is 0 Å². The summed E-state index contributed by atoms with van der Waals surface area (Å²) in [6, 6.07) is 5.61. The van der Waals surface area contributed by atoms with Crippen molar-refractivity contribution in [2.45, 2.75) is 5.57 Å². The van der Waals surface area contributed by atoms with Gasteiger partial charge in [-0.1, -0.05) is 0 Å². The Hall–Kier alpha value is -1.52. The van der Waals surface area contributed by atoms with Gasteiger partial charge in [0.1, 0.15) is 38.5 Å². The number of aliphatic hydroxyl groups is 1. The van der Waals surface area contributed by atoms with E-state index in [-0.39, 0.29) is 18.3 Å². The molecule has 1 heterocycles. The molecular formula is C17H26ClF2N3O4+2. The third kappa shape index (κ3) is 8.81. The highest BCUT2D eigenvalue weighted by Crippen LogP contribution is 2.25. The Labute approximate surface area is 161 Å². The molecule has 1 fully saturated rings. The Morgan fingerprint density at radius 2 is 1.78 bits per heavy atom. The monoisotopic (exact) mass is 409 g/mol. The quantitative estimate of drug-likeness (QED) is 0.283. The van der Waals surface area contributed by atoms with Crippen LogP contribution in [0, 0.1) is 0 Å². The first-order valence-electron chi connectivity index (χ1n) is 8.87. The zero-order chi connectivity index (χ0) is 19.7. The molecule has 0 aromatic heterocycles. The number of quaternary nitrogens is 2. The summed E-state index contributed by atoms with van der Waals surface area (Å²) in [6.45, 7) is 5.99. The molecule has 1 amide bonds. The third-order valence-corrected chi connectivity index (χ3v) is 4.36. The molecule has 0 aliphatic carbocycles. The number of halogens is 3. The fraction of sp³-hybridized carbons (Fsp3) is 0.588. The van der Waals surface area contributed by atoms with Crippen LogP contribution in [0.1, 0.15) is 0 Å². The smallest absolute Gasteiger partial charge is 0.420 e.